The topological polar surface area (TPSA) is 77.2 Å². The van der Waals surface area contributed by atoms with Crippen LogP contribution >= 0.6 is 11.6 Å². The summed E-state index contributed by atoms with van der Waals surface area (Å²) in [6.07, 6.45) is 0.191. The van der Waals surface area contributed by atoms with Crippen LogP contribution in [0.3, 0.4) is 0 Å². The van der Waals surface area contributed by atoms with Gasteiger partial charge in [0.05, 0.1) is 6.54 Å². The third-order valence-corrected chi connectivity index (χ3v) is 4.26. The van der Waals surface area contributed by atoms with E-state index in [-0.39, 0.29) is 12.5 Å². The van der Waals surface area contributed by atoms with Crippen molar-refractivity contribution in [1.29, 1.82) is 0 Å². The second-order valence-corrected chi connectivity index (χ2v) is 6.39. The van der Waals surface area contributed by atoms with E-state index < -0.39 is 6.10 Å². The fraction of sp³-hybridized carbons (Fsp3) is 0.250. The zero-order valence-electron chi connectivity index (χ0n) is 15.1. The van der Waals surface area contributed by atoms with E-state index in [2.05, 4.69) is 15.5 Å². The third kappa shape index (κ3) is 4.86. The van der Waals surface area contributed by atoms with Gasteiger partial charge in [0.25, 0.3) is 5.91 Å². The first-order chi connectivity index (χ1) is 13.1. The number of aromatic nitrogens is 2. The highest BCUT2D eigenvalue weighted by Gasteiger charge is 2.17. The van der Waals surface area contributed by atoms with Crippen molar-refractivity contribution < 1.29 is 14.1 Å². The van der Waals surface area contributed by atoms with E-state index in [1.807, 2.05) is 31.2 Å². The smallest absolute Gasteiger partial charge is 0.261 e. The second-order valence-electron chi connectivity index (χ2n) is 5.96. The number of carbonyl (C=O) groups excluding carboxylic acids is 1. The van der Waals surface area contributed by atoms with Gasteiger partial charge in [0, 0.05) is 10.6 Å². The lowest BCUT2D eigenvalue weighted by Gasteiger charge is -2.16. The first-order valence-corrected chi connectivity index (χ1v) is 9.05. The predicted molar refractivity (Wildman–Crippen MR) is 103 cm³/mol. The first kappa shape index (κ1) is 18.9. The summed E-state index contributed by atoms with van der Waals surface area (Å²) < 4.78 is 11.0. The molecule has 0 spiro atoms. The molecule has 1 atom stereocenters. The number of nitrogens with one attached hydrogen (secondary N) is 1. The molecule has 0 aliphatic carbocycles. The van der Waals surface area contributed by atoms with Gasteiger partial charge in [-0.05, 0) is 49.2 Å². The van der Waals surface area contributed by atoms with Crippen LogP contribution in [0.4, 0.5) is 0 Å². The summed E-state index contributed by atoms with van der Waals surface area (Å²) in [6, 6.07) is 14.8. The van der Waals surface area contributed by atoms with Crippen molar-refractivity contribution in [3.8, 4) is 17.1 Å². The zero-order chi connectivity index (χ0) is 19.2. The molecule has 140 valence electrons. The molecular formula is C20H20ClN3O3. The maximum atomic E-state index is 12.3. The van der Waals surface area contributed by atoms with Crippen molar-refractivity contribution in [3.05, 3.63) is 65.0 Å². The minimum absolute atomic E-state index is 0.128. The lowest BCUT2D eigenvalue weighted by molar-refractivity contribution is -0.127. The van der Waals surface area contributed by atoms with Crippen molar-refractivity contribution in [2.75, 3.05) is 0 Å². The summed E-state index contributed by atoms with van der Waals surface area (Å²) in [5.74, 6) is 1.21. The number of benzene rings is 2. The maximum Gasteiger partial charge on any atom is 0.261 e. The molecule has 27 heavy (non-hydrogen) atoms. The van der Waals surface area contributed by atoms with Gasteiger partial charge in [-0.25, -0.2) is 0 Å². The standard InChI is InChI=1S/C20H20ClN3O3/c1-3-14-6-4-5-7-17(14)26-13(2)20(25)22-12-18-23-19(24-27-18)15-8-10-16(21)11-9-15/h4-11,13H,3,12H2,1-2H3,(H,22,25)/t13-/m1/s1. The summed E-state index contributed by atoms with van der Waals surface area (Å²) >= 11 is 5.87. The van der Waals surface area contributed by atoms with Crippen LogP contribution in [0.15, 0.2) is 53.1 Å². The molecular weight excluding hydrogens is 366 g/mol. The van der Waals surface area contributed by atoms with Crippen LogP contribution in [0.25, 0.3) is 11.4 Å². The highest BCUT2D eigenvalue weighted by atomic mass is 35.5. The van der Waals surface area contributed by atoms with Gasteiger partial charge in [-0.1, -0.05) is 41.9 Å². The molecule has 0 fully saturated rings. The van der Waals surface area contributed by atoms with E-state index in [0.29, 0.717) is 22.5 Å². The van der Waals surface area contributed by atoms with Gasteiger partial charge in [-0.15, -0.1) is 0 Å². The average molecular weight is 386 g/mol. The molecule has 1 amide bonds. The van der Waals surface area contributed by atoms with Crippen LogP contribution in [-0.2, 0) is 17.8 Å². The number of aryl methyl sites for hydroxylation is 1. The number of amides is 1. The highest BCUT2D eigenvalue weighted by molar-refractivity contribution is 6.30. The molecule has 1 N–H and O–H groups in total. The Morgan fingerprint density at radius 1 is 1.22 bits per heavy atom. The number of nitrogens with zero attached hydrogens (tertiary/aromatic N) is 2. The molecule has 1 aromatic heterocycles. The molecule has 0 unspecified atom stereocenters. The summed E-state index contributed by atoms with van der Waals surface area (Å²) in [7, 11) is 0. The van der Waals surface area contributed by atoms with Crippen LogP contribution in [0, 0.1) is 0 Å². The van der Waals surface area contributed by atoms with Gasteiger partial charge in [0.2, 0.25) is 11.7 Å². The number of para-hydroxylation sites is 1. The van der Waals surface area contributed by atoms with Gasteiger partial charge in [0.1, 0.15) is 5.75 Å². The third-order valence-electron chi connectivity index (χ3n) is 4.01. The summed E-state index contributed by atoms with van der Waals surface area (Å²) in [5, 5.41) is 7.30. The Hall–Kier alpha value is -2.86. The SMILES string of the molecule is CCc1ccccc1O[C@H](C)C(=O)NCc1nc(-c2ccc(Cl)cc2)no1. The monoisotopic (exact) mass is 385 g/mol. The summed E-state index contributed by atoms with van der Waals surface area (Å²) in [6.45, 7) is 3.87. The van der Waals surface area contributed by atoms with Crippen LogP contribution in [0.5, 0.6) is 5.75 Å². The number of halogens is 1. The Bertz CT molecular complexity index is 909. The molecule has 0 bridgehead atoms. The van der Waals surface area contributed by atoms with E-state index in [1.54, 1.807) is 31.2 Å². The van der Waals surface area contributed by atoms with Crippen LogP contribution in [-0.4, -0.2) is 22.2 Å². The van der Waals surface area contributed by atoms with Crippen molar-refractivity contribution in [2.24, 2.45) is 0 Å². The van der Waals surface area contributed by atoms with Crippen LogP contribution < -0.4 is 10.1 Å². The summed E-state index contributed by atoms with van der Waals surface area (Å²) in [4.78, 5) is 16.6. The molecule has 0 radical (unpaired) electrons. The first-order valence-electron chi connectivity index (χ1n) is 8.67. The lowest BCUT2D eigenvalue weighted by Crippen LogP contribution is -2.36. The molecule has 2 aromatic carbocycles. The molecule has 3 rings (SSSR count). The highest BCUT2D eigenvalue weighted by Crippen LogP contribution is 2.20. The van der Waals surface area contributed by atoms with Crippen molar-refractivity contribution in [3.63, 3.8) is 0 Å². The van der Waals surface area contributed by atoms with Gasteiger partial charge >= 0.3 is 0 Å². The minimum Gasteiger partial charge on any atom is -0.481 e. The fourth-order valence-corrected chi connectivity index (χ4v) is 2.63. The molecule has 1 heterocycles. The Morgan fingerprint density at radius 3 is 2.70 bits per heavy atom. The van der Waals surface area contributed by atoms with Gasteiger partial charge in [0.15, 0.2) is 6.10 Å². The molecule has 0 saturated carbocycles. The molecule has 6 nitrogen and oxygen atoms in total. The number of hydrogen-bond acceptors (Lipinski definition) is 5. The van der Waals surface area contributed by atoms with Gasteiger partial charge in [-0.3, -0.25) is 4.79 Å². The Labute approximate surface area is 162 Å². The zero-order valence-corrected chi connectivity index (χ0v) is 15.9. The number of ether oxygens (including phenoxy) is 1. The van der Waals surface area contributed by atoms with Crippen LogP contribution in [0.1, 0.15) is 25.3 Å². The largest absolute Gasteiger partial charge is 0.481 e. The molecule has 3 aromatic rings. The molecule has 7 heteroatoms. The van der Waals surface area contributed by atoms with Gasteiger partial charge < -0.3 is 14.6 Å². The number of carbonyl (C=O) groups is 1. The maximum absolute atomic E-state index is 12.3. The number of hydrogen-bond donors (Lipinski definition) is 1. The molecule has 0 aliphatic rings. The Kier molecular flexibility index (Phi) is 6.08. The minimum atomic E-state index is -0.642. The Balaban J connectivity index is 1.56. The van der Waals surface area contributed by atoms with Gasteiger partial charge in [-0.2, -0.15) is 4.98 Å². The quantitative estimate of drug-likeness (QED) is 0.664. The average Bonchev–Trinajstić information content (AvgIpc) is 3.16. The van der Waals surface area contributed by atoms with E-state index in [0.717, 1.165) is 17.5 Å². The van der Waals surface area contributed by atoms with E-state index in [1.165, 1.54) is 0 Å². The second kappa shape index (κ2) is 8.68. The normalized spacial score (nSPS) is 11.8. The molecule has 0 saturated heterocycles. The van der Waals surface area contributed by atoms with E-state index >= 15 is 0 Å². The van der Waals surface area contributed by atoms with Crippen molar-refractivity contribution >= 4 is 17.5 Å². The van der Waals surface area contributed by atoms with Crippen molar-refractivity contribution in [2.45, 2.75) is 32.9 Å². The summed E-state index contributed by atoms with van der Waals surface area (Å²) in [5.41, 5.74) is 1.84. The Morgan fingerprint density at radius 2 is 1.96 bits per heavy atom. The van der Waals surface area contributed by atoms with E-state index in [4.69, 9.17) is 20.9 Å². The van der Waals surface area contributed by atoms with E-state index in [9.17, 15) is 4.79 Å². The lowest BCUT2D eigenvalue weighted by atomic mass is 10.1. The van der Waals surface area contributed by atoms with Crippen LogP contribution in [0.2, 0.25) is 5.02 Å². The number of rotatable bonds is 7. The predicted octanol–water partition coefficient (Wildman–Crippen LogP) is 4.04. The fourth-order valence-electron chi connectivity index (χ4n) is 2.50. The molecule has 0 aliphatic heterocycles. The van der Waals surface area contributed by atoms with Crippen molar-refractivity contribution in [1.82, 2.24) is 15.5 Å².